The van der Waals surface area contributed by atoms with Crippen LogP contribution in [0.15, 0.2) is 59.5 Å². The molecule has 7 heteroatoms. The summed E-state index contributed by atoms with van der Waals surface area (Å²) in [5, 5.41) is 0. The fraction of sp³-hybridized carbons (Fsp3) is 0.429. The van der Waals surface area contributed by atoms with E-state index in [1.54, 1.807) is 38.4 Å². The minimum Gasteiger partial charge on any atom is -0.495 e. The fourth-order valence-corrected chi connectivity index (χ4v) is 4.74. The maximum absolute atomic E-state index is 12.6. The number of anilines is 1. The number of hydrogen-bond donors (Lipinski definition) is 0. The number of hydrogen-bond acceptors (Lipinski definition) is 5. The first-order valence-electron chi connectivity index (χ1n) is 9.64. The van der Waals surface area contributed by atoms with Gasteiger partial charge in [0.05, 0.1) is 17.7 Å². The van der Waals surface area contributed by atoms with E-state index in [0.29, 0.717) is 11.4 Å². The standard InChI is InChI=1S/C21H29N3O3S/c1-22(28(25,26)19-9-4-3-5-10-19)13-8-14-23-15-17-24(18-16-23)20-11-6-7-12-21(20)27-2/h3-7,9-12H,8,13-18H2,1-2H3. The summed E-state index contributed by atoms with van der Waals surface area (Å²) in [7, 11) is -0.0436. The molecule has 0 spiro atoms. The van der Waals surface area contributed by atoms with E-state index in [0.717, 1.165) is 50.6 Å². The van der Waals surface area contributed by atoms with Crippen LogP contribution >= 0.6 is 0 Å². The molecule has 0 saturated carbocycles. The molecule has 1 saturated heterocycles. The van der Waals surface area contributed by atoms with Crippen molar-refractivity contribution in [2.45, 2.75) is 11.3 Å². The molecule has 1 aliphatic heterocycles. The SMILES string of the molecule is COc1ccccc1N1CCN(CCCN(C)S(=O)(=O)c2ccccc2)CC1. The second-order valence-electron chi connectivity index (χ2n) is 6.99. The van der Waals surface area contributed by atoms with Crippen LogP contribution in [-0.4, -0.2) is 71.0 Å². The van der Waals surface area contributed by atoms with Crippen LogP contribution in [-0.2, 0) is 10.0 Å². The van der Waals surface area contributed by atoms with Gasteiger partial charge >= 0.3 is 0 Å². The summed E-state index contributed by atoms with van der Waals surface area (Å²) in [4.78, 5) is 5.10. The molecule has 0 aromatic heterocycles. The Morgan fingerprint density at radius 3 is 2.29 bits per heavy atom. The Kier molecular flexibility index (Phi) is 6.93. The van der Waals surface area contributed by atoms with Gasteiger partial charge in [0.2, 0.25) is 10.0 Å². The van der Waals surface area contributed by atoms with Crippen molar-refractivity contribution >= 4 is 15.7 Å². The molecule has 0 amide bonds. The van der Waals surface area contributed by atoms with Crippen LogP contribution < -0.4 is 9.64 Å². The van der Waals surface area contributed by atoms with Crippen molar-refractivity contribution in [3.05, 3.63) is 54.6 Å². The lowest BCUT2D eigenvalue weighted by Crippen LogP contribution is -2.47. The Balaban J connectivity index is 1.46. The maximum Gasteiger partial charge on any atom is 0.242 e. The van der Waals surface area contributed by atoms with E-state index in [9.17, 15) is 8.42 Å². The molecule has 0 N–H and O–H groups in total. The van der Waals surface area contributed by atoms with E-state index in [1.807, 2.05) is 24.3 Å². The number of benzene rings is 2. The lowest BCUT2D eigenvalue weighted by molar-refractivity contribution is 0.248. The van der Waals surface area contributed by atoms with Crippen molar-refractivity contribution in [3.63, 3.8) is 0 Å². The number of nitrogens with zero attached hydrogens (tertiary/aromatic N) is 3. The van der Waals surface area contributed by atoms with Gasteiger partial charge in [0.15, 0.2) is 0 Å². The largest absolute Gasteiger partial charge is 0.495 e. The van der Waals surface area contributed by atoms with Gasteiger partial charge in [0, 0.05) is 39.8 Å². The summed E-state index contributed by atoms with van der Waals surface area (Å²) < 4.78 is 32.1. The van der Waals surface area contributed by atoms with Gasteiger partial charge < -0.3 is 9.64 Å². The second kappa shape index (κ2) is 9.41. The lowest BCUT2D eigenvalue weighted by Gasteiger charge is -2.36. The van der Waals surface area contributed by atoms with E-state index in [1.165, 1.54) is 4.31 Å². The van der Waals surface area contributed by atoms with Gasteiger partial charge in [-0.2, -0.15) is 0 Å². The molecule has 0 radical (unpaired) electrons. The molecule has 1 aliphatic rings. The zero-order valence-corrected chi connectivity index (χ0v) is 17.4. The molecule has 1 fully saturated rings. The van der Waals surface area contributed by atoms with E-state index in [4.69, 9.17) is 4.74 Å². The highest BCUT2D eigenvalue weighted by atomic mass is 32.2. The summed E-state index contributed by atoms with van der Waals surface area (Å²) >= 11 is 0. The number of para-hydroxylation sites is 2. The Hall–Kier alpha value is -2.09. The van der Waals surface area contributed by atoms with E-state index < -0.39 is 10.0 Å². The molecule has 0 atom stereocenters. The van der Waals surface area contributed by atoms with Gasteiger partial charge in [-0.15, -0.1) is 0 Å². The number of piperazine rings is 1. The lowest BCUT2D eigenvalue weighted by atomic mass is 10.2. The molecule has 6 nitrogen and oxygen atoms in total. The second-order valence-corrected chi connectivity index (χ2v) is 9.04. The van der Waals surface area contributed by atoms with Crippen LogP contribution in [0.3, 0.4) is 0 Å². The molecule has 152 valence electrons. The van der Waals surface area contributed by atoms with Gasteiger partial charge in [-0.05, 0) is 37.2 Å². The maximum atomic E-state index is 12.6. The molecule has 2 aromatic rings. The van der Waals surface area contributed by atoms with Crippen molar-refractivity contribution in [2.75, 3.05) is 58.3 Å². The number of rotatable bonds is 8. The summed E-state index contributed by atoms with van der Waals surface area (Å²) in [6.07, 6.45) is 0.817. The molecule has 1 heterocycles. The minimum absolute atomic E-state index is 0.350. The first-order valence-corrected chi connectivity index (χ1v) is 11.1. The Bertz CT molecular complexity index is 850. The predicted molar refractivity (Wildman–Crippen MR) is 113 cm³/mol. The highest BCUT2D eigenvalue weighted by Crippen LogP contribution is 2.28. The Morgan fingerprint density at radius 2 is 1.61 bits per heavy atom. The third-order valence-corrected chi connectivity index (χ3v) is 7.07. The summed E-state index contributed by atoms with van der Waals surface area (Å²) in [6, 6.07) is 16.7. The van der Waals surface area contributed by atoms with Gasteiger partial charge in [-0.25, -0.2) is 12.7 Å². The molecule has 2 aromatic carbocycles. The van der Waals surface area contributed by atoms with Crippen LogP contribution in [0.5, 0.6) is 5.75 Å². The first-order chi connectivity index (χ1) is 13.5. The molecule has 0 unspecified atom stereocenters. The number of methoxy groups -OCH3 is 1. The highest BCUT2D eigenvalue weighted by molar-refractivity contribution is 7.89. The van der Waals surface area contributed by atoms with E-state index >= 15 is 0 Å². The smallest absolute Gasteiger partial charge is 0.242 e. The van der Waals surface area contributed by atoms with Crippen molar-refractivity contribution < 1.29 is 13.2 Å². The van der Waals surface area contributed by atoms with E-state index in [2.05, 4.69) is 15.9 Å². The summed E-state index contributed by atoms with van der Waals surface area (Å²) in [5.74, 6) is 0.906. The van der Waals surface area contributed by atoms with Crippen molar-refractivity contribution in [3.8, 4) is 5.75 Å². The third-order valence-electron chi connectivity index (χ3n) is 5.20. The average molecular weight is 404 g/mol. The normalized spacial score (nSPS) is 15.8. The highest BCUT2D eigenvalue weighted by Gasteiger charge is 2.22. The Morgan fingerprint density at radius 1 is 0.964 bits per heavy atom. The van der Waals surface area contributed by atoms with Crippen LogP contribution in [0.25, 0.3) is 0 Å². The predicted octanol–water partition coefficient (Wildman–Crippen LogP) is 2.53. The van der Waals surface area contributed by atoms with E-state index in [-0.39, 0.29) is 0 Å². The van der Waals surface area contributed by atoms with Gasteiger partial charge in [-0.3, -0.25) is 4.90 Å². The van der Waals surface area contributed by atoms with Crippen molar-refractivity contribution in [1.29, 1.82) is 0 Å². The zero-order valence-electron chi connectivity index (χ0n) is 16.6. The van der Waals surface area contributed by atoms with Crippen molar-refractivity contribution in [2.24, 2.45) is 0 Å². The molecule has 28 heavy (non-hydrogen) atoms. The van der Waals surface area contributed by atoms with Crippen LogP contribution in [0.2, 0.25) is 0 Å². The number of ether oxygens (including phenoxy) is 1. The zero-order chi connectivity index (χ0) is 20.0. The monoisotopic (exact) mass is 403 g/mol. The van der Waals surface area contributed by atoms with Gasteiger partial charge in [0.1, 0.15) is 5.75 Å². The topological polar surface area (TPSA) is 53.1 Å². The van der Waals surface area contributed by atoms with Crippen molar-refractivity contribution in [1.82, 2.24) is 9.21 Å². The third kappa shape index (κ3) is 4.84. The van der Waals surface area contributed by atoms with Crippen LogP contribution in [0.4, 0.5) is 5.69 Å². The Labute approximate surface area is 168 Å². The first kappa shape index (κ1) is 20.6. The molecule has 3 rings (SSSR count). The molecule has 0 bridgehead atoms. The summed E-state index contributed by atoms with van der Waals surface area (Å²) in [6.45, 7) is 5.23. The molecular formula is C21H29N3O3S. The fourth-order valence-electron chi connectivity index (χ4n) is 3.51. The summed E-state index contributed by atoms with van der Waals surface area (Å²) in [5.41, 5.74) is 1.14. The van der Waals surface area contributed by atoms with Crippen LogP contribution in [0, 0.1) is 0 Å². The van der Waals surface area contributed by atoms with Gasteiger partial charge in [0.25, 0.3) is 0 Å². The van der Waals surface area contributed by atoms with Crippen LogP contribution in [0.1, 0.15) is 6.42 Å². The molecular weight excluding hydrogens is 374 g/mol. The minimum atomic E-state index is -3.40. The quantitative estimate of drug-likeness (QED) is 0.678. The average Bonchev–Trinajstić information content (AvgIpc) is 2.74. The van der Waals surface area contributed by atoms with Gasteiger partial charge in [-0.1, -0.05) is 30.3 Å². The number of sulfonamides is 1. The molecule has 0 aliphatic carbocycles.